The zero-order valence-electron chi connectivity index (χ0n) is 13.4. The Morgan fingerprint density at radius 2 is 1.82 bits per heavy atom. The Labute approximate surface area is 132 Å². The van der Waals surface area contributed by atoms with Gasteiger partial charge in [-0.25, -0.2) is 0 Å². The zero-order chi connectivity index (χ0) is 15.5. The number of anilines is 1. The van der Waals surface area contributed by atoms with E-state index in [1.807, 2.05) is 11.0 Å². The first kappa shape index (κ1) is 14.8. The largest absolute Gasteiger partial charge is 0.312 e. The van der Waals surface area contributed by atoms with E-state index in [9.17, 15) is 4.79 Å². The van der Waals surface area contributed by atoms with Gasteiger partial charge in [-0.3, -0.25) is 4.79 Å². The number of hydrogen-bond donors (Lipinski definition) is 0. The molecule has 1 amide bonds. The Balaban J connectivity index is 1.75. The van der Waals surface area contributed by atoms with Gasteiger partial charge in [0.2, 0.25) is 5.91 Å². The third-order valence-electron chi connectivity index (χ3n) is 4.41. The van der Waals surface area contributed by atoms with E-state index in [0.29, 0.717) is 12.3 Å². The number of fused-ring (bicyclic) bond motifs is 1. The van der Waals surface area contributed by atoms with E-state index in [1.165, 1.54) is 11.1 Å². The Kier molecular flexibility index (Phi) is 4.28. The summed E-state index contributed by atoms with van der Waals surface area (Å²) in [7, 11) is 0. The topological polar surface area (TPSA) is 20.3 Å². The number of para-hydroxylation sites is 1. The van der Waals surface area contributed by atoms with E-state index < -0.39 is 0 Å². The smallest absolute Gasteiger partial charge is 0.231 e. The monoisotopic (exact) mass is 293 g/mol. The normalized spacial score (nSPS) is 14.0. The number of carbonyl (C=O) groups excluding carboxylic acids is 1. The number of benzene rings is 2. The number of nitrogens with zero attached hydrogens (tertiary/aromatic N) is 1. The molecule has 1 aliphatic heterocycles. The molecule has 0 atom stereocenters. The van der Waals surface area contributed by atoms with Crippen LogP contribution in [-0.2, 0) is 17.6 Å². The Hall–Kier alpha value is -2.09. The first-order chi connectivity index (χ1) is 10.6. The van der Waals surface area contributed by atoms with Crippen molar-refractivity contribution in [3.8, 4) is 0 Å². The molecular weight excluding hydrogens is 270 g/mol. The summed E-state index contributed by atoms with van der Waals surface area (Å²) in [6.07, 6.45) is 2.60. The molecule has 0 bridgehead atoms. The van der Waals surface area contributed by atoms with Crippen LogP contribution in [0.1, 0.15) is 42.9 Å². The quantitative estimate of drug-likeness (QED) is 0.824. The van der Waals surface area contributed by atoms with E-state index in [-0.39, 0.29) is 5.91 Å². The summed E-state index contributed by atoms with van der Waals surface area (Å²) < 4.78 is 0. The standard InChI is InChI=1S/C20H23NO/c1-15(2)17-11-9-16(10-12-17)14-20(22)21-13-5-7-18-6-3-4-8-19(18)21/h3-4,6,8-12,15H,5,7,13-14H2,1-2H3. The molecule has 3 rings (SSSR count). The molecule has 0 spiro atoms. The molecule has 0 unspecified atom stereocenters. The van der Waals surface area contributed by atoms with Gasteiger partial charge in [-0.2, -0.15) is 0 Å². The molecule has 0 aliphatic carbocycles. The molecule has 2 aromatic rings. The van der Waals surface area contributed by atoms with Crippen LogP contribution in [-0.4, -0.2) is 12.5 Å². The Bertz CT molecular complexity index is 658. The minimum absolute atomic E-state index is 0.199. The molecule has 0 radical (unpaired) electrons. The van der Waals surface area contributed by atoms with Crippen LogP contribution < -0.4 is 4.90 Å². The molecule has 114 valence electrons. The van der Waals surface area contributed by atoms with Crippen molar-refractivity contribution < 1.29 is 4.79 Å². The van der Waals surface area contributed by atoms with Crippen LogP contribution in [0.2, 0.25) is 0 Å². The summed E-state index contributed by atoms with van der Waals surface area (Å²) in [6.45, 7) is 5.20. The fourth-order valence-electron chi connectivity index (χ4n) is 3.08. The maximum absolute atomic E-state index is 12.7. The van der Waals surface area contributed by atoms with Crippen molar-refractivity contribution in [1.82, 2.24) is 0 Å². The highest BCUT2D eigenvalue weighted by molar-refractivity contribution is 5.95. The molecule has 0 N–H and O–H groups in total. The minimum atomic E-state index is 0.199. The maximum Gasteiger partial charge on any atom is 0.231 e. The fourth-order valence-corrected chi connectivity index (χ4v) is 3.08. The van der Waals surface area contributed by atoms with Crippen molar-refractivity contribution in [1.29, 1.82) is 0 Å². The first-order valence-electron chi connectivity index (χ1n) is 8.12. The van der Waals surface area contributed by atoms with Gasteiger partial charge >= 0.3 is 0 Å². The molecule has 0 aromatic heterocycles. The van der Waals surface area contributed by atoms with Crippen molar-refractivity contribution in [2.24, 2.45) is 0 Å². The molecular formula is C20H23NO. The molecule has 1 aliphatic rings. The van der Waals surface area contributed by atoms with E-state index in [0.717, 1.165) is 30.6 Å². The van der Waals surface area contributed by atoms with E-state index >= 15 is 0 Å². The summed E-state index contributed by atoms with van der Waals surface area (Å²) in [5.41, 5.74) is 4.80. The number of amides is 1. The van der Waals surface area contributed by atoms with Gasteiger partial charge in [0, 0.05) is 12.2 Å². The maximum atomic E-state index is 12.7. The summed E-state index contributed by atoms with van der Waals surface area (Å²) >= 11 is 0. The fraction of sp³-hybridized carbons (Fsp3) is 0.350. The van der Waals surface area contributed by atoms with E-state index in [2.05, 4.69) is 56.3 Å². The number of aryl methyl sites for hydroxylation is 1. The number of rotatable bonds is 3. The zero-order valence-corrected chi connectivity index (χ0v) is 13.4. The molecule has 1 heterocycles. The second-order valence-corrected chi connectivity index (χ2v) is 6.35. The minimum Gasteiger partial charge on any atom is -0.312 e. The molecule has 22 heavy (non-hydrogen) atoms. The molecule has 2 heteroatoms. The molecule has 2 nitrogen and oxygen atoms in total. The molecule has 0 fully saturated rings. The highest BCUT2D eigenvalue weighted by Crippen LogP contribution is 2.27. The molecule has 0 saturated heterocycles. The number of hydrogen-bond acceptors (Lipinski definition) is 1. The van der Waals surface area contributed by atoms with Crippen molar-refractivity contribution in [3.63, 3.8) is 0 Å². The van der Waals surface area contributed by atoms with Crippen LogP contribution in [0.5, 0.6) is 0 Å². The average Bonchev–Trinajstić information content (AvgIpc) is 2.54. The number of carbonyl (C=O) groups is 1. The second-order valence-electron chi connectivity index (χ2n) is 6.35. The third kappa shape index (κ3) is 3.06. The van der Waals surface area contributed by atoms with Gasteiger partial charge in [0.15, 0.2) is 0 Å². The molecule has 0 saturated carbocycles. The van der Waals surface area contributed by atoms with Crippen molar-refractivity contribution in [2.75, 3.05) is 11.4 Å². The van der Waals surface area contributed by atoms with Gasteiger partial charge in [-0.15, -0.1) is 0 Å². The third-order valence-corrected chi connectivity index (χ3v) is 4.41. The summed E-state index contributed by atoms with van der Waals surface area (Å²) in [4.78, 5) is 14.6. The summed E-state index contributed by atoms with van der Waals surface area (Å²) in [5.74, 6) is 0.725. The van der Waals surface area contributed by atoms with Crippen molar-refractivity contribution in [3.05, 3.63) is 65.2 Å². The predicted octanol–water partition coefficient (Wildman–Crippen LogP) is 4.33. The van der Waals surface area contributed by atoms with Gasteiger partial charge in [-0.1, -0.05) is 56.3 Å². The SMILES string of the molecule is CC(C)c1ccc(CC(=O)N2CCCc3ccccc32)cc1. The van der Waals surface area contributed by atoms with Crippen LogP contribution in [0.4, 0.5) is 5.69 Å². The van der Waals surface area contributed by atoms with Gasteiger partial charge in [-0.05, 0) is 41.5 Å². The summed E-state index contributed by atoms with van der Waals surface area (Å²) in [5, 5.41) is 0. The summed E-state index contributed by atoms with van der Waals surface area (Å²) in [6, 6.07) is 16.7. The second kappa shape index (κ2) is 6.35. The molecule has 2 aromatic carbocycles. The van der Waals surface area contributed by atoms with Gasteiger partial charge < -0.3 is 4.90 Å². The van der Waals surface area contributed by atoms with E-state index in [4.69, 9.17) is 0 Å². The lowest BCUT2D eigenvalue weighted by atomic mass is 9.99. The lowest BCUT2D eigenvalue weighted by molar-refractivity contribution is -0.118. The average molecular weight is 293 g/mol. The van der Waals surface area contributed by atoms with Gasteiger partial charge in [0.25, 0.3) is 0 Å². The van der Waals surface area contributed by atoms with Crippen LogP contribution >= 0.6 is 0 Å². The van der Waals surface area contributed by atoms with Crippen LogP contribution in [0.25, 0.3) is 0 Å². The highest BCUT2D eigenvalue weighted by Gasteiger charge is 2.21. The first-order valence-corrected chi connectivity index (χ1v) is 8.12. The van der Waals surface area contributed by atoms with Gasteiger partial charge in [0.1, 0.15) is 0 Å². The lowest BCUT2D eigenvalue weighted by Gasteiger charge is -2.29. The van der Waals surface area contributed by atoms with Crippen LogP contribution in [0.15, 0.2) is 48.5 Å². The lowest BCUT2D eigenvalue weighted by Crippen LogP contribution is -2.36. The van der Waals surface area contributed by atoms with Crippen molar-refractivity contribution >= 4 is 11.6 Å². The highest BCUT2D eigenvalue weighted by atomic mass is 16.2. The van der Waals surface area contributed by atoms with Crippen LogP contribution in [0, 0.1) is 0 Å². The Morgan fingerprint density at radius 1 is 1.09 bits per heavy atom. The van der Waals surface area contributed by atoms with Gasteiger partial charge in [0.05, 0.1) is 6.42 Å². The van der Waals surface area contributed by atoms with E-state index in [1.54, 1.807) is 0 Å². The van der Waals surface area contributed by atoms with Crippen LogP contribution in [0.3, 0.4) is 0 Å². The Morgan fingerprint density at radius 3 is 2.55 bits per heavy atom. The predicted molar refractivity (Wildman–Crippen MR) is 91.4 cm³/mol. The van der Waals surface area contributed by atoms with Crippen molar-refractivity contribution in [2.45, 2.75) is 39.0 Å².